The number of hydrogen-bond acceptors (Lipinski definition) is 4. The third kappa shape index (κ3) is 4.10. The summed E-state index contributed by atoms with van der Waals surface area (Å²) in [6, 6.07) is 0. The Morgan fingerprint density at radius 1 is 1.35 bits per heavy atom. The average Bonchev–Trinajstić information content (AvgIpc) is 2.77. The highest BCUT2D eigenvalue weighted by Crippen LogP contribution is 2.23. The molecule has 17 heavy (non-hydrogen) atoms. The molecule has 6 heteroatoms. The topological polar surface area (TPSA) is 56.8 Å². The molecule has 1 aliphatic heterocycles. The second kappa shape index (κ2) is 7.16. The summed E-state index contributed by atoms with van der Waals surface area (Å²) in [6.45, 7) is 4.40. The maximum Gasteiger partial charge on any atom is 0.264 e. The van der Waals surface area contributed by atoms with Crippen LogP contribution in [-0.4, -0.2) is 43.6 Å². The lowest BCUT2D eigenvalue weighted by Gasteiger charge is -2.13. The van der Waals surface area contributed by atoms with Crippen LogP contribution in [-0.2, 0) is 19.0 Å². The number of ether oxygens (including phenoxy) is 3. The number of carbonyl (C=O) groups is 1. The van der Waals surface area contributed by atoms with Crippen LogP contribution in [0.1, 0.15) is 26.7 Å². The zero-order valence-corrected chi connectivity index (χ0v) is 11.2. The summed E-state index contributed by atoms with van der Waals surface area (Å²) in [7, 11) is 1.38. The largest absolute Gasteiger partial charge is 0.357 e. The molecule has 1 amide bonds. The molecule has 1 rings (SSSR count). The number of methoxy groups -OCH3 is 1. The molecule has 0 aromatic rings. The van der Waals surface area contributed by atoms with Crippen LogP contribution in [0.5, 0.6) is 0 Å². The highest BCUT2D eigenvalue weighted by atomic mass is 35.5. The summed E-state index contributed by atoms with van der Waals surface area (Å²) in [6.07, 6.45) is 1.63. The molecule has 1 N–H and O–H groups in total. The molecule has 0 bridgehead atoms. The minimum atomic E-state index is -0.972. The van der Waals surface area contributed by atoms with E-state index in [1.165, 1.54) is 7.11 Å². The highest BCUT2D eigenvalue weighted by molar-refractivity contribution is 6.29. The lowest BCUT2D eigenvalue weighted by molar-refractivity contribution is -0.129. The zero-order valence-electron chi connectivity index (χ0n) is 10.4. The Morgan fingerprint density at radius 3 is 2.29 bits per heavy atom. The van der Waals surface area contributed by atoms with Gasteiger partial charge in [0.2, 0.25) is 5.56 Å². The molecule has 0 aliphatic carbocycles. The highest BCUT2D eigenvalue weighted by Gasteiger charge is 2.33. The molecule has 0 aromatic heterocycles. The van der Waals surface area contributed by atoms with Gasteiger partial charge in [0.1, 0.15) is 0 Å². The maximum absolute atomic E-state index is 11.4. The fraction of sp³-hybridized carbons (Fsp3) is 0.909. The number of nitrogens with one attached hydrogen (secondary N) is 1. The van der Waals surface area contributed by atoms with Crippen LogP contribution < -0.4 is 5.32 Å². The minimum absolute atomic E-state index is 0.108. The summed E-state index contributed by atoms with van der Waals surface area (Å²) in [4.78, 5) is 11.4. The fourth-order valence-corrected chi connectivity index (χ4v) is 1.86. The molecular weight excluding hydrogens is 246 g/mol. The van der Waals surface area contributed by atoms with Crippen molar-refractivity contribution in [2.75, 3.05) is 13.7 Å². The van der Waals surface area contributed by atoms with E-state index in [0.29, 0.717) is 6.54 Å². The van der Waals surface area contributed by atoms with E-state index in [0.717, 1.165) is 12.8 Å². The summed E-state index contributed by atoms with van der Waals surface area (Å²) in [5.74, 6) is -0.380. The second-order valence-electron chi connectivity index (χ2n) is 3.89. The van der Waals surface area contributed by atoms with E-state index in [9.17, 15) is 4.79 Å². The number of hydrogen-bond donors (Lipinski definition) is 1. The van der Waals surface area contributed by atoms with Crippen molar-refractivity contribution in [3.8, 4) is 0 Å². The molecule has 1 fully saturated rings. The molecule has 100 valence electrons. The third-order valence-corrected chi connectivity index (χ3v) is 3.10. The molecule has 0 radical (unpaired) electrons. The Hall–Kier alpha value is -0.360. The van der Waals surface area contributed by atoms with Gasteiger partial charge in [-0.1, -0.05) is 25.4 Å². The molecule has 3 unspecified atom stereocenters. The van der Waals surface area contributed by atoms with Crippen LogP contribution in [0.15, 0.2) is 0 Å². The number of carbonyl (C=O) groups excluding carboxylic acids is 1. The summed E-state index contributed by atoms with van der Waals surface area (Å²) in [5, 5.41) is 2.62. The van der Waals surface area contributed by atoms with Crippen LogP contribution in [0.3, 0.4) is 0 Å². The molecule has 1 aliphatic rings. The van der Waals surface area contributed by atoms with Gasteiger partial charge in [0.05, 0.1) is 18.8 Å². The molecule has 5 nitrogen and oxygen atoms in total. The zero-order chi connectivity index (χ0) is 12.8. The van der Waals surface area contributed by atoms with E-state index in [2.05, 4.69) is 23.9 Å². The average molecular weight is 266 g/mol. The van der Waals surface area contributed by atoms with E-state index < -0.39 is 11.9 Å². The second-order valence-corrected chi connectivity index (χ2v) is 4.29. The molecule has 1 heterocycles. The number of amides is 1. The molecule has 0 spiro atoms. The van der Waals surface area contributed by atoms with Crippen molar-refractivity contribution in [1.82, 2.24) is 5.32 Å². The van der Waals surface area contributed by atoms with Gasteiger partial charge in [-0.2, -0.15) is 0 Å². The van der Waals surface area contributed by atoms with Gasteiger partial charge >= 0.3 is 0 Å². The van der Waals surface area contributed by atoms with Crippen LogP contribution in [0, 0.1) is 0 Å². The van der Waals surface area contributed by atoms with Crippen LogP contribution in [0.2, 0.25) is 0 Å². The van der Waals surface area contributed by atoms with E-state index in [-0.39, 0.29) is 18.1 Å². The predicted molar refractivity (Wildman–Crippen MR) is 63.8 cm³/mol. The van der Waals surface area contributed by atoms with Gasteiger partial charge in [0, 0.05) is 7.11 Å². The first-order chi connectivity index (χ1) is 8.12. The smallest absolute Gasteiger partial charge is 0.264 e. The quantitative estimate of drug-likeness (QED) is 0.735. The van der Waals surface area contributed by atoms with Gasteiger partial charge in [0.15, 0.2) is 6.29 Å². The van der Waals surface area contributed by atoms with Crippen LogP contribution >= 0.6 is 11.6 Å². The standard InChI is InChI=1S/C11H20ClNO4/c1-4-7-8(5-2)17-9(16-7)6-13-11(14)10(12)15-3/h7-10H,4-6H2,1-3H3,(H,13,14). The first-order valence-corrected chi connectivity index (χ1v) is 6.31. The normalized spacial score (nSPS) is 30.2. The molecule has 0 saturated carbocycles. The van der Waals surface area contributed by atoms with Crippen molar-refractivity contribution in [1.29, 1.82) is 0 Å². The molecular formula is C11H20ClNO4. The Bertz CT molecular complexity index is 240. The summed E-state index contributed by atoms with van der Waals surface area (Å²) >= 11 is 5.60. The van der Waals surface area contributed by atoms with Gasteiger partial charge in [-0.15, -0.1) is 0 Å². The van der Waals surface area contributed by atoms with Crippen LogP contribution in [0.4, 0.5) is 0 Å². The Morgan fingerprint density at radius 2 is 1.88 bits per heavy atom. The van der Waals surface area contributed by atoms with E-state index in [1.54, 1.807) is 0 Å². The first-order valence-electron chi connectivity index (χ1n) is 5.87. The number of rotatable bonds is 6. The molecule has 1 saturated heterocycles. The lowest BCUT2D eigenvalue weighted by atomic mass is 10.1. The Kier molecular flexibility index (Phi) is 6.19. The Balaban J connectivity index is 2.32. The molecule has 0 aromatic carbocycles. The molecule has 3 atom stereocenters. The van der Waals surface area contributed by atoms with Crippen molar-refractivity contribution >= 4 is 17.5 Å². The van der Waals surface area contributed by atoms with Gasteiger partial charge in [-0.05, 0) is 12.8 Å². The van der Waals surface area contributed by atoms with Gasteiger partial charge < -0.3 is 19.5 Å². The predicted octanol–water partition coefficient (Wildman–Crippen LogP) is 1.24. The maximum atomic E-state index is 11.4. The summed E-state index contributed by atoms with van der Waals surface area (Å²) in [5.41, 5.74) is -0.972. The number of halogens is 1. The van der Waals surface area contributed by atoms with Gasteiger partial charge in [-0.25, -0.2) is 0 Å². The van der Waals surface area contributed by atoms with E-state index in [1.807, 2.05) is 0 Å². The van der Waals surface area contributed by atoms with Crippen molar-refractivity contribution in [3.05, 3.63) is 0 Å². The lowest BCUT2D eigenvalue weighted by Crippen LogP contribution is -2.38. The first kappa shape index (κ1) is 14.7. The van der Waals surface area contributed by atoms with E-state index >= 15 is 0 Å². The SMILES string of the molecule is CCC1OC(CNC(=O)C(Cl)OC)OC1CC. The fourth-order valence-electron chi connectivity index (χ4n) is 1.78. The van der Waals surface area contributed by atoms with Gasteiger partial charge in [-0.3, -0.25) is 4.79 Å². The third-order valence-electron chi connectivity index (χ3n) is 2.73. The van der Waals surface area contributed by atoms with Crippen LogP contribution in [0.25, 0.3) is 0 Å². The number of alkyl halides is 1. The minimum Gasteiger partial charge on any atom is -0.357 e. The van der Waals surface area contributed by atoms with Crippen molar-refractivity contribution in [3.63, 3.8) is 0 Å². The van der Waals surface area contributed by atoms with Crippen molar-refractivity contribution in [2.24, 2.45) is 0 Å². The summed E-state index contributed by atoms with van der Waals surface area (Å²) < 4.78 is 16.0. The monoisotopic (exact) mass is 265 g/mol. The van der Waals surface area contributed by atoms with E-state index in [4.69, 9.17) is 21.1 Å². The van der Waals surface area contributed by atoms with Crippen molar-refractivity contribution < 1.29 is 19.0 Å². The Labute approximate surface area is 107 Å². The van der Waals surface area contributed by atoms with Crippen molar-refractivity contribution in [2.45, 2.75) is 50.8 Å². The van der Waals surface area contributed by atoms with Gasteiger partial charge in [0.25, 0.3) is 5.91 Å².